The van der Waals surface area contributed by atoms with Crippen LogP contribution >= 0.6 is 11.3 Å². The maximum absolute atomic E-state index is 14.6. The number of thiazole rings is 1. The van der Waals surface area contributed by atoms with Gasteiger partial charge in [0.25, 0.3) is 11.8 Å². The summed E-state index contributed by atoms with van der Waals surface area (Å²) in [6, 6.07) is 7.49. The van der Waals surface area contributed by atoms with Crippen molar-refractivity contribution in [1.29, 1.82) is 0 Å². The average Bonchev–Trinajstić information content (AvgIpc) is 3.24. The van der Waals surface area contributed by atoms with Crippen molar-refractivity contribution in [3.05, 3.63) is 63.9 Å². The molecule has 0 aliphatic carbocycles. The van der Waals surface area contributed by atoms with E-state index in [0.717, 1.165) is 16.9 Å². The molecule has 0 saturated heterocycles. The quantitative estimate of drug-likeness (QED) is 0.477. The van der Waals surface area contributed by atoms with Gasteiger partial charge in [-0.3, -0.25) is 14.4 Å². The number of fused-ring (bicyclic) bond motifs is 1. The van der Waals surface area contributed by atoms with Crippen molar-refractivity contribution in [3.63, 3.8) is 0 Å². The van der Waals surface area contributed by atoms with Crippen LogP contribution in [-0.2, 0) is 10.2 Å². The second-order valence-electron chi connectivity index (χ2n) is 7.96. The number of halogens is 1. The molecule has 2 aromatic carbocycles. The number of carbonyl (C=O) groups is 3. The molecule has 0 radical (unpaired) electrons. The number of nitrogens with zero attached hydrogens (tertiary/aromatic N) is 1. The Morgan fingerprint density at radius 1 is 1.16 bits per heavy atom. The van der Waals surface area contributed by atoms with Crippen LogP contribution in [0.5, 0.6) is 0 Å². The van der Waals surface area contributed by atoms with Gasteiger partial charge in [-0.2, -0.15) is 0 Å². The maximum atomic E-state index is 14.6. The zero-order valence-corrected chi connectivity index (χ0v) is 18.3. The minimum absolute atomic E-state index is 0.136. The zero-order chi connectivity index (χ0) is 23.2. The van der Waals surface area contributed by atoms with Crippen LogP contribution in [0.25, 0.3) is 0 Å². The molecule has 3 amide bonds. The molecule has 32 heavy (non-hydrogen) atoms. The Morgan fingerprint density at radius 3 is 2.59 bits per heavy atom. The molecule has 0 fully saturated rings. The molecule has 1 aliphatic rings. The highest BCUT2D eigenvalue weighted by atomic mass is 32.1. The monoisotopic (exact) mass is 453 g/mol. The lowest BCUT2D eigenvalue weighted by atomic mass is 9.86. The summed E-state index contributed by atoms with van der Waals surface area (Å²) in [6.45, 7) is 5.24. The van der Waals surface area contributed by atoms with Crippen LogP contribution < -0.4 is 21.7 Å². The third-order valence-corrected chi connectivity index (χ3v) is 6.15. The van der Waals surface area contributed by atoms with E-state index < -0.39 is 23.0 Å². The first-order valence-electron chi connectivity index (χ1n) is 9.66. The van der Waals surface area contributed by atoms with Gasteiger partial charge in [-0.25, -0.2) is 9.37 Å². The van der Waals surface area contributed by atoms with Gasteiger partial charge in [0.15, 0.2) is 5.13 Å². The number of nitrogens with one attached hydrogen (secondary N) is 3. The predicted octanol–water partition coefficient (Wildman–Crippen LogP) is 3.91. The number of aromatic nitrogens is 1. The van der Waals surface area contributed by atoms with E-state index in [1.165, 1.54) is 18.3 Å². The van der Waals surface area contributed by atoms with Gasteiger partial charge in [-0.15, -0.1) is 0 Å². The van der Waals surface area contributed by atoms with Crippen LogP contribution in [0.4, 0.5) is 26.6 Å². The van der Waals surface area contributed by atoms with Crippen molar-refractivity contribution in [2.45, 2.75) is 26.2 Å². The van der Waals surface area contributed by atoms with E-state index in [2.05, 4.69) is 20.9 Å². The van der Waals surface area contributed by atoms with Crippen LogP contribution in [0.1, 0.15) is 45.0 Å². The Morgan fingerprint density at radius 2 is 1.91 bits per heavy atom. The maximum Gasteiger partial charge on any atom is 0.267 e. The average molecular weight is 453 g/mol. The number of nitrogens with two attached hydrogens (primary N) is 1. The van der Waals surface area contributed by atoms with Gasteiger partial charge in [0.2, 0.25) is 5.91 Å². The fourth-order valence-electron chi connectivity index (χ4n) is 3.43. The van der Waals surface area contributed by atoms with E-state index in [1.54, 1.807) is 25.1 Å². The van der Waals surface area contributed by atoms with E-state index in [4.69, 9.17) is 5.73 Å². The highest BCUT2D eigenvalue weighted by molar-refractivity contribution is 7.17. The zero-order valence-electron chi connectivity index (χ0n) is 17.5. The van der Waals surface area contributed by atoms with E-state index in [1.807, 2.05) is 13.8 Å². The molecule has 4 rings (SSSR count). The van der Waals surface area contributed by atoms with Crippen molar-refractivity contribution in [2.24, 2.45) is 0 Å². The highest BCUT2D eigenvalue weighted by Gasteiger charge is 2.38. The normalized spacial score (nSPS) is 13.9. The van der Waals surface area contributed by atoms with Crippen LogP contribution in [-0.4, -0.2) is 22.7 Å². The fraction of sp³-hybridized carbons (Fsp3) is 0.182. The molecule has 1 aliphatic heterocycles. The first kappa shape index (κ1) is 21.4. The Kier molecular flexibility index (Phi) is 5.17. The van der Waals surface area contributed by atoms with Crippen LogP contribution in [0.3, 0.4) is 0 Å². The summed E-state index contributed by atoms with van der Waals surface area (Å²) < 4.78 is 14.6. The minimum atomic E-state index is -0.726. The molecule has 0 unspecified atom stereocenters. The number of hydrogen-bond acceptors (Lipinski definition) is 6. The summed E-state index contributed by atoms with van der Waals surface area (Å²) in [5.74, 6) is -2.01. The molecule has 10 heteroatoms. The molecule has 164 valence electrons. The van der Waals surface area contributed by atoms with E-state index in [9.17, 15) is 18.8 Å². The van der Waals surface area contributed by atoms with E-state index >= 15 is 0 Å². The molecule has 0 saturated carbocycles. The summed E-state index contributed by atoms with van der Waals surface area (Å²) in [4.78, 5) is 41.4. The Balaban J connectivity index is 1.57. The lowest BCUT2D eigenvalue weighted by Crippen LogP contribution is -2.26. The molecule has 1 aromatic heterocycles. The molecule has 8 nitrogen and oxygen atoms in total. The Bertz CT molecular complexity index is 1280. The van der Waals surface area contributed by atoms with Gasteiger partial charge < -0.3 is 21.7 Å². The molecule has 5 N–H and O–H groups in total. The highest BCUT2D eigenvalue weighted by Crippen LogP contribution is 2.38. The van der Waals surface area contributed by atoms with Crippen LogP contribution in [0.15, 0.2) is 36.5 Å². The van der Waals surface area contributed by atoms with Gasteiger partial charge in [-0.05, 0) is 56.2 Å². The summed E-state index contributed by atoms with van der Waals surface area (Å²) in [7, 11) is 0. The standard InChI is InChI=1S/C22H20FN5O3S/c1-10-6-14(23)12(8-15(10)27-19(30)17-9-25-21(24)32-17)18(29)26-11-4-5-13-16(7-11)28-20(31)22(13,2)3/h4-9H,1-3H3,(H2,24,25)(H,26,29)(H,27,30)(H,28,31). The number of anilines is 4. The number of hydrogen-bond donors (Lipinski definition) is 4. The van der Waals surface area contributed by atoms with E-state index in [0.29, 0.717) is 21.8 Å². The second-order valence-corrected chi connectivity index (χ2v) is 9.02. The van der Waals surface area contributed by atoms with Crippen molar-refractivity contribution < 1.29 is 18.8 Å². The number of aryl methyl sites for hydroxylation is 1. The number of carbonyl (C=O) groups excluding carboxylic acids is 3. The molecular weight excluding hydrogens is 433 g/mol. The molecule has 0 atom stereocenters. The summed E-state index contributed by atoms with van der Waals surface area (Å²) in [5.41, 5.74) is 7.20. The molecule has 3 aromatic rings. The fourth-order valence-corrected chi connectivity index (χ4v) is 4.01. The largest absolute Gasteiger partial charge is 0.375 e. The first-order chi connectivity index (χ1) is 15.1. The number of nitrogen functional groups attached to an aromatic ring is 1. The topological polar surface area (TPSA) is 126 Å². The molecule has 0 spiro atoms. The van der Waals surface area contributed by atoms with Gasteiger partial charge in [0, 0.05) is 17.1 Å². The Hall–Kier alpha value is -3.79. The van der Waals surface area contributed by atoms with Crippen molar-refractivity contribution in [1.82, 2.24) is 4.98 Å². The van der Waals surface area contributed by atoms with Crippen molar-refractivity contribution >= 4 is 51.3 Å². The summed E-state index contributed by atoms with van der Waals surface area (Å²) >= 11 is 1.02. The minimum Gasteiger partial charge on any atom is -0.375 e. The lowest BCUT2D eigenvalue weighted by Gasteiger charge is -2.15. The van der Waals surface area contributed by atoms with Crippen LogP contribution in [0, 0.1) is 12.7 Å². The van der Waals surface area contributed by atoms with Gasteiger partial charge in [0.1, 0.15) is 10.7 Å². The summed E-state index contributed by atoms with van der Waals surface area (Å²) in [6.07, 6.45) is 1.34. The second kappa shape index (κ2) is 7.72. The van der Waals surface area contributed by atoms with E-state index in [-0.39, 0.29) is 22.3 Å². The van der Waals surface area contributed by atoms with Gasteiger partial charge in [-0.1, -0.05) is 17.4 Å². The van der Waals surface area contributed by atoms with Crippen molar-refractivity contribution in [2.75, 3.05) is 21.7 Å². The third-order valence-electron chi connectivity index (χ3n) is 5.32. The first-order valence-corrected chi connectivity index (χ1v) is 10.5. The molecular formula is C22H20FN5O3S. The number of benzene rings is 2. The molecule has 0 bridgehead atoms. The molecule has 2 heterocycles. The van der Waals surface area contributed by atoms with Gasteiger partial charge >= 0.3 is 0 Å². The number of amides is 3. The lowest BCUT2D eigenvalue weighted by molar-refractivity contribution is -0.119. The van der Waals surface area contributed by atoms with Gasteiger partial charge in [0.05, 0.1) is 17.2 Å². The predicted molar refractivity (Wildman–Crippen MR) is 122 cm³/mol. The van der Waals surface area contributed by atoms with Crippen LogP contribution in [0.2, 0.25) is 0 Å². The smallest absolute Gasteiger partial charge is 0.267 e. The number of rotatable bonds is 4. The Labute approximate surface area is 187 Å². The van der Waals surface area contributed by atoms with Crippen molar-refractivity contribution in [3.8, 4) is 0 Å². The third kappa shape index (κ3) is 3.80. The summed E-state index contributed by atoms with van der Waals surface area (Å²) in [5, 5.41) is 8.33. The SMILES string of the molecule is Cc1cc(F)c(C(=O)Nc2ccc3c(c2)NC(=O)C3(C)C)cc1NC(=O)c1cnc(N)s1.